The van der Waals surface area contributed by atoms with Gasteiger partial charge < -0.3 is 25.3 Å². The van der Waals surface area contributed by atoms with Gasteiger partial charge in [0.15, 0.2) is 6.61 Å². The van der Waals surface area contributed by atoms with Crippen LogP contribution in [-0.4, -0.2) is 66.1 Å². The number of pyridine rings is 1. The maximum atomic E-state index is 13.5. The van der Waals surface area contributed by atoms with Gasteiger partial charge in [0.2, 0.25) is 5.91 Å². The number of carbonyl (C=O) groups is 3. The molecule has 1 aromatic carbocycles. The molecular weight excluding hydrogens is 536 g/mol. The zero-order valence-electron chi connectivity index (χ0n) is 20.0. The van der Waals surface area contributed by atoms with Crippen molar-refractivity contribution in [1.29, 1.82) is 0 Å². The Hall–Kier alpha value is -3.55. The number of amides is 2. The summed E-state index contributed by atoms with van der Waals surface area (Å²) in [7, 11) is 1.56. The number of carbonyl (C=O) groups excluding carboxylic acids is 3. The molecule has 0 aliphatic heterocycles. The molecule has 9 nitrogen and oxygen atoms in total. The van der Waals surface area contributed by atoms with Crippen molar-refractivity contribution < 1.29 is 41.8 Å². The number of aromatic nitrogens is 1. The SMILES string of the molecule is CN(CCO)C(/C=C\C(C=O)C(=O)NCc1ccc(C(F)(F)F)cn1)NC(=O)COc1ccc(Cl)c(F)c1. The molecule has 1 heterocycles. The summed E-state index contributed by atoms with van der Waals surface area (Å²) in [5.41, 5.74) is -0.791. The lowest BCUT2D eigenvalue weighted by molar-refractivity contribution is -0.138. The number of aliphatic hydroxyl groups excluding tert-OH is 1. The van der Waals surface area contributed by atoms with Gasteiger partial charge in [0.25, 0.3) is 5.91 Å². The van der Waals surface area contributed by atoms with Crippen molar-refractivity contribution in [1.82, 2.24) is 20.5 Å². The quantitative estimate of drug-likeness (QED) is 0.113. The fourth-order valence-corrected chi connectivity index (χ4v) is 3.05. The van der Waals surface area contributed by atoms with Gasteiger partial charge in [-0.1, -0.05) is 23.8 Å². The summed E-state index contributed by atoms with van der Waals surface area (Å²) in [4.78, 5) is 41.4. The fourth-order valence-electron chi connectivity index (χ4n) is 2.94. The highest BCUT2D eigenvalue weighted by atomic mass is 35.5. The lowest BCUT2D eigenvalue weighted by atomic mass is 10.1. The molecule has 3 N–H and O–H groups in total. The van der Waals surface area contributed by atoms with Crippen LogP contribution < -0.4 is 15.4 Å². The molecule has 0 aliphatic rings. The van der Waals surface area contributed by atoms with E-state index in [1.54, 1.807) is 7.05 Å². The molecule has 2 aromatic rings. The van der Waals surface area contributed by atoms with Gasteiger partial charge in [0, 0.05) is 18.8 Å². The predicted octanol–water partition coefficient (Wildman–Crippen LogP) is 2.33. The number of hydrogen-bond acceptors (Lipinski definition) is 7. The minimum atomic E-state index is -4.54. The van der Waals surface area contributed by atoms with Gasteiger partial charge in [-0.3, -0.25) is 19.5 Å². The third-order valence-corrected chi connectivity index (χ3v) is 5.35. The van der Waals surface area contributed by atoms with E-state index in [1.165, 1.54) is 29.2 Å². The first-order valence-electron chi connectivity index (χ1n) is 11.1. The molecule has 2 rings (SSSR count). The summed E-state index contributed by atoms with van der Waals surface area (Å²) < 4.78 is 56.7. The minimum absolute atomic E-state index is 0.0677. The highest BCUT2D eigenvalue weighted by molar-refractivity contribution is 6.30. The van der Waals surface area contributed by atoms with E-state index < -0.39 is 48.1 Å². The first-order valence-corrected chi connectivity index (χ1v) is 11.4. The number of benzene rings is 1. The van der Waals surface area contributed by atoms with Crippen molar-refractivity contribution in [2.75, 3.05) is 26.8 Å². The molecule has 0 spiro atoms. The van der Waals surface area contributed by atoms with E-state index in [2.05, 4.69) is 15.6 Å². The van der Waals surface area contributed by atoms with E-state index in [0.717, 1.165) is 18.2 Å². The van der Waals surface area contributed by atoms with E-state index in [-0.39, 0.29) is 36.2 Å². The summed E-state index contributed by atoms with van der Waals surface area (Å²) >= 11 is 5.61. The number of likely N-dealkylation sites (N-methyl/N-ethyl adjacent to an activating group) is 1. The Morgan fingerprint density at radius 3 is 2.55 bits per heavy atom. The van der Waals surface area contributed by atoms with E-state index >= 15 is 0 Å². The van der Waals surface area contributed by atoms with Crippen molar-refractivity contribution in [3.05, 3.63) is 70.8 Å². The smallest absolute Gasteiger partial charge is 0.417 e. The van der Waals surface area contributed by atoms with Gasteiger partial charge in [-0.2, -0.15) is 13.2 Å². The van der Waals surface area contributed by atoms with Crippen LogP contribution in [0, 0.1) is 11.7 Å². The maximum absolute atomic E-state index is 13.5. The molecule has 206 valence electrons. The van der Waals surface area contributed by atoms with Crippen LogP contribution in [0.4, 0.5) is 17.6 Å². The van der Waals surface area contributed by atoms with Crippen molar-refractivity contribution in [2.45, 2.75) is 18.9 Å². The molecule has 14 heteroatoms. The highest BCUT2D eigenvalue weighted by Gasteiger charge is 2.30. The summed E-state index contributed by atoms with van der Waals surface area (Å²) in [6.07, 6.45) is -1.86. The third kappa shape index (κ3) is 9.72. The minimum Gasteiger partial charge on any atom is -0.484 e. The van der Waals surface area contributed by atoms with E-state index in [9.17, 15) is 37.1 Å². The second-order valence-electron chi connectivity index (χ2n) is 7.88. The lowest BCUT2D eigenvalue weighted by Gasteiger charge is -2.26. The standard InChI is InChI=1S/C24H25ClF4N4O5/c1-33(8-9-34)21(32-22(36)14-38-18-5-6-19(25)20(26)10-18)7-2-15(13-35)23(37)31-12-17-4-3-16(11-30-17)24(27,28)29/h2-7,10-11,13,15,21,34H,8-9,12,14H2,1H3,(H,31,37)(H,32,36)/b7-2-. The number of aldehydes is 1. The van der Waals surface area contributed by atoms with E-state index in [4.69, 9.17) is 16.3 Å². The molecule has 0 bridgehead atoms. The molecule has 38 heavy (non-hydrogen) atoms. The number of ether oxygens (including phenoxy) is 1. The van der Waals surface area contributed by atoms with Crippen LogP contribution in [0.1, 0.15) is 11.3 Å². The number of aliphatic hydroxyl groups is 1. The summed E-state index contributed by atoms with van der Waals surface area (Å²) in [6.45, 7) is -0.844. The summed E-state index contributed by atoms with van der Waals surface area (Å²) in [6, 6.07) is 5.58. The van der Waals surface area contributed by atoms with E-state index in [1.807, 2.05) is 0 Å². The third-order valence-electron chi connectivity index (χ3n) is 5.04. The number of rotatable bonds is 13. The Balaban J connectivity index is 1.99. The monoisotopic (exact) mass is 560 g/mol. The molecule has 2 atom stereocenters. The number of alkyl halides is 3. The Kier molecular flexibility index (Phi) is 11.6. The zero-order chi connectivity index (χ0) is 28.3. The van der Waals surface area contributed by atoms with Gasteiger partial charge in [-0.05, 0) is 31.3 Å². The molecule has 0 saturated carbocycles. The lowest BCUT2D eigenvalue weighted by Crippen LogP contribution is -2.47. The topological polar surface area (TPSA) is 121 Å². The van der Waals surface area contributed by atoms with Crippen LogP contribution in [0.3, 0.4) is 0 Å². The first kappa shape index (κ1) is 30.7. The normalized spacial score (nSPS) is 13.3. The summed E-state index contributed by atoms with van der Waals surface area (Å²) in [5.74, 6) is -3.32. The van der Waals surface area contributed by atoms with Gasteiger partial charge in [-0.15, -0.1) is 0 Å². The molecule has 0 fully saturated rings. The van der Waals surface area contributed by atoms with Crippen LogP contribution >= 0.6 is 11.6 Å². The Labute approximate surface area is 220 Å². The molecule has 2 amide bonds. The highest BCUT2D eigenvalue weighted by Crippen LogP contribution is 2.28. The van der Waals surface area contributed by atoms with Gasteiger partial charge in [-0.25, -0.2) is 4.39 Å². The number of nitrogens with one attached hydrogen (secondary N) is 2. The zero-order valence-corrected chi connectivity index (χ0v) is 20.8. The number of nitrogens with zero attached hydrogens (tertiary/aromatic N) is 2. The van der Waals surface area contributed by atoms with Crippen LogP contribution in [0.5, 0.6) is 5.75 Å². The van der Waals surface area contributed by atoms with Gasteiger partial charge in [0.1, 0.15) is 29.9 Å². The largest absolute Gasteiger partial charge is 0.484 e. The molecule has 0 radical (unpaired) electrons. The van der Waals surface area contributed by atoms with Crippen LogP contribution in [-0.2, 0) is 27.1 Å². The maximum Gasteiger partial charge on any atom is 0.417 e. The average Bonchev–Trinajstić information content (AvgIpc) is 2.87. The van der Waals surface area contributed by atoms with Crippen molar-refractivity contribution >= 4 is 29.7 Å². The molecular formula is C24H25ClF4N4O5. The first-order chi connectivity index (χ1) is 17.9. The number of hydrogen-bond donors (Lipinski definition) is 3. The average molecular weight is 561 g/mol. The molecule has 0 aliphatic carbocycles. The van der Waals surface area contributed by atoms with Crippen molar-refractivity contribution in [2.24, 2.45) is 5.92 Å². The molecule has 0 saturated heterocycles. The Morgan fingerprint density at radius 2 is 1.97 bits per heavy atom. The number of halogens is 5. The summed E-state index contributed by atoms with van der Waals surface area (Å²) in [5, 5.41) is 14.1. The van der Waals surface area contributed by atoms with E-state index in [0.29, 0.717) is 12.5 Å². The Morgan fingerprint density at radius 1 is 1.24 bits per heavy atom. The molecule has 1 aromatic heterocycles. The van der Waals surface area contributed by atoms with Gasteiger partial charge >= 0.3 is 6.18 Å². The molecule has 2 unspecified atom stereocenters. The van der Waals surface area contributed by atoms with Gasteiger partial charge in [0.05, 0.1) is 29.4 Å². The van der Waals surface area contributed by atoms with Crippen molar-refractivity contribution in [3.63, 3.8) is 0 Å². The second kappa shape index (κ2) is 14.4. The van der Waals surface area contributed by atoms with Crippen LogP contribution in [0.15, 0.2) is 48.7 Å². The predicted molar refractivity (Wildman–Crippen MR) is 128 cm³/mol. The van der Waals surface area contributed by atoms with Crippen LogP contribution in [0.2, 0.25) is 5.02 Å². The van der Waals surface area contributed by atoms with Crippen LogP contribution in [0.25, 0.3) is 0 Å². The Bertz CT molecular complexity index is 1130. The fraction of sp³-hybridized carbons (Fsp3) is 0.333. The van der Waals surface area contributed by atoms with Crippen molar-refractivity contribution in [3.8, 4) is 5.75 Å². The second-order valence-corrected chi connectivity index (χ2v) is 8.29.